The molecule has 1 amide bonds. The van der Waals surface area contributed by atoms with Crippen LogP contribution in [0, 0.1) is 5.82 Å². The molecule has 0 radical (unpaired) electrons. The van der Waals surface area contributed by atoms with E-state index in [1.807, 2.05) is 6.07 Å². The summed E-state index contributed by atoms with van der Waals surface area (Å²) in [5, 5.41) is 10.6. The number of nitrogens with zero attached hydrogens (tertiary/aromatic N) is 5. The summed E-state index contributed by atoms with van der Waals surface area (Å²) < 4.78 is 16.5. The number of anilines is 2. The van der Waals surface area contributed by atoms with Gasteiger partial charge in [-0.05, 0) is 37.3 Å². The minimum absolute atomic E-state index is 0.313. The molecule has 4 heterocycles. The first kappa shape index (κ1) is 19.6. The molecule has 4 aromatic rings. The van der Waals surface area contributed by atoms with E-state index in [1.165, 1.54) is 10.7 Å². The van der Waals surface area contributed by atoms with E-state index in [0.717, 1.165) is 0 Å². The van der Waals surface area contributed by atoms with Crippen LogP contribution >= 0.6 is 0 Å². The Hall–Kier alpha value is -4.40. The molecule has 1 unspecified atom stereocenters. The molecule has 3 aromatic heterocycles. The number of rotatable bonds is 4. The van der Waals surface area contributed by atoms with Gasteiger partial charge in [0.15, 0.2) is 5.82 Å². The van der Waals surface area contributed by atoms with Crippen molar-refractivity contribution in [1.82, 2.24) is 24.7 Å². The second-order valence-electron chi connectivity index (χ2n) is 7.23. The molecule has 32 heavy (non-hydrogen) atoms. The van der Waals surface area contributed by atoms with Gasteiger partial charge in [-0.1, -0.05) is 18.2 Å². The van der Waals surface area contributed by atoms with E-state index in [1.54, 1.807) is 68.1 Å². The van der Waals surface area contributed by atoms with Gasteiger partial charge in [0.25, 0.3) is 5.91 Å². The van der Waals surface area contributed by atoms with Crippen LogP contribution in [0.1, 0.15) is 18.5 Å². The van der Waals surface area contributed by atoms with Gasteiger partial charge in [0.2, 0.25) is 5.95 Å². The molecular weight excluding hydrogens is 409 g/mol. The van der Waals surface area contributed by atoms with Crippen LogP contribution in [-0.4, -0.2) is 30.6 Å². The summed E-state index contributed by atoms with van der Waals surface area (Å²) in [6, 6.07) is 12.6. The molecule has 0 spiro atoms. The summed E-state index contributed by atoms with van der Waals surface area (Å²) in [5.74, 6) is -0.000206. The monoisotopic (exact) mass is 427 g/mol. The highest BCUT2D eigenvalue weighted by Crippen LogP contribution is 2.37. The Bertz CT molecular complexity index is 1320. The van der Waals surface area contributed by atoms with Crippen molar-refractivity contribution in [2.24, 2.45) is 0 Å². The average Bonchev–Trinajstić information content (AvgIpc) is 3.23. The molecule has 9 heteroatoms. The Morgan fingerprint density at radius 3 is 2.56 bits per heavy atom. The van der Waals surface area contributed by atoms with Crippen LogP contribution in [0.4, 0.5) is 16.0 Å². The largest absolute Gasteiger partial charge is 0.328 e. The maximum absolute atomic E-state index is 14.9. The molecule has 0 saturated carbocycles. The highest BCUT2D eigenvalue weighted by molar-refractivity contribution is 6.05. The number of nitrogens with one attached hydrogen (secondary N) is 2. The lowest BCUT2D eigenvalue weighted by Gasteiger charge is -2.28. The highest BCUT2D eigenvalue weighted by Gasteiger charge is 2.35. The smallest absolute Gasteiger partial charge is 0.255 e. The van der Waals surface area contributed by atoms with E-state index in [0.29, 0.717) is 39.9 Å². The van der Waals surface area contributed by atoms with E-state index in [-0.39, 0.29) is 5.91 Å². The lowest BCUT2D eigenvalue weighted by atomic mass is 9.94. The standard InChI is InChI=1S/C23H18FN7O/c1-14-19(22(32)28-16-7-5-11-26-13-16)20(17-8-2-3-9-18(17)24)31-23(27-14)29-21(30-31)15-6-4-10-25-12-15/h2-13,20H,1H3,(H,28,32)(H,27,29,30). The lowest BCUT2D eigenvalue weighted by molar-refractivity contribution is -0.113. The SMILES string of the molecule is CC1=C(C(=O)Nc2cccnc2)C(c2ccccc2F)n2nc(-c3cccnc3)nc2N1. The van der Waals surface area contributed by atoms with Crippen LogP contribution in [-0.2, 0) is 4.79 Å². The van der Waals surface area contributed by atoms with Crippen molar-refractivity contribution >= 4 is 17.5 Å². The van der Waals surface area contributed by atoms with Crippen molar-refractivity contribution in [3.63, 3.8) is 0 Å². The molecule has 0 bridgehead atoms. The maximum atomic E-state index is 14.9. The zero-order valence-corrected chi connectivity index (χ0v) is 17.0. The van der Waals surface area contributed by atoms with Crippen LogP contribution in [0.2, 0.25) is 0 Å². The molecule has 0 aliphatic carbocycles. The normalized spacial score (nSPS) is 15.1. The molecule has 2 N–H and O–H groups in total. The van der Waals surface area contributed by atoms with Gasteiger partial charge in [-0.15, -0.1) is 5.10 Å². The van der Waals surface area contributed by atoms with E-state index < -0.39 is 11.9 Å². The first-order chi connectivity index (χ1) is 15.6. The van der Waals surface area contributed by atoms with Crippen LogP contribution in [0.25, 0.3) is 11.4 Å². The number of pyridine rings is 2. The third-order valence-electron chi connectivity index (χ3n) is 5.14. The van der Waals surface area contributed by atoms with Gasteiger partial charge < -0.3 is 10.6 Å². The van der Waals surface area contributed by atoms with E-state index in [9.17, 15) is 9.18 Å². The van der Waals surface area contributed by atoms with Gasteiger partial charge in [-0.25, -0.2) is 9.07 Å². The summed E-state index contributed by atoms with van der Waals surface area (Å²) in [4.78, 5) is 26.0. The second kappa shape index (κ2) is 8.03. The van der Waals surface area contributed by atoms with Crippen molar-refractivity contribution in [3.05, 3.63) is 96.0 Å². The zero-order valence-electron chi connectivity index (χ0n) is 17.0. The number of carbonyl (C=O) groups excluding carboxylic acids is 1. The second-order valence-corrected chi connectivity index (χ2v) is 7.23. The molecule has 1 atom stereocenters. The number of benzene rings is 1. The van der Waals surface area contributed by atoms with Crippen molar-refractivity contribution in [2.75, 3.05) is 10.6 Å². The molecule has 1 aliphatic rings. The van der Waals surface area contributed by atoms with Gasteiger partial charge in [-0.2, -0.15) is 4.98 Å². The van der Waals surface area contributed by atoms with Crippen LogP contribution < -0.4 is 10.6 Å². The number of fused-ring (bicyclic) bond motifs is 1. The van der Waals surface area contributed by atoms with Gasteiger partial charge in [0.1, 0.15) is 11.9 Å². The van der Waals surface area contributed by atoms with Crippen molar-refractivity contribution in [2.45, 2.75) is 13.0 Å². The number of halogens is 1. The number of hydrogen-bond donors (Lipinski definition) is 2. The van der Waals surface area contributed by atoms with Gasteiger partial charge in [0.05, 0.1) is 17.5 Å². The summed E-state index contributed by atoms with van der Waals surface area (Å²) in [6.45, 7) is 1.76. The predicted octanol–water partition coefficient (Wildman–Crippen LogP) is 3.80. The number of amides is 1. The first-order valence-electron chi connectivity index (χ1n) is 9.92. The van der Waals surface area contributed by atoms with E-state index in [4.69, 9.17) is 0 Å². The summed E-state index contributed by atoms with van der Waals surface area (Å²) in [6.07, 6.45) is 6.47. The molecule has 1 aliphatic heterocycles. The predicted molar refractivity (Wildman–Crippen MR) is 117 cm³/mol. The van der Waals surface area contributed by atoms with Crippen molar-refractivity contribution in [1.29, 1.82) is 0 Å². The van der Waals surface area contributed by atoms with E-state index >= 15 is 0 Å². The fourth-order valence-electron chi connectivity index (χ4n) is 3.68. The maximum Gasteiger partial charge on any atom is 0.255 e. The number of hydrogen-bond acceptors (Lipinski definition) is 6. The summed E-state index contributed by atoms with van der Waals surface area (Å²) >= 11 is 0. The molecule has 0 fully saturated rings. The topological polar surface area (TPSA) is 97.6 Å². The Kier molecular flexibility index (Phi) is 4.91. The summed E-state index contributed by atoms with van der Waals surface area (Å²) in [7, 11) is 0. The van der Waals surface area contributed by atoms with Crippen molar-refractivity contribution in [3.8, 4) is 11.4 Å². The first-order valence-corrected chi connectivity index (χ1v) is 9.92. The minimum Gasteiger partial charge on any atom is -0.328 e. The van der Waals surface area contributed by atoms with Crippen LogP contribution in [0.3, 0.4) is 0 Å². The highest BCUT2D eigenvalue weighted by atomic mass is 19.1. The quantitative estimate of drug-likeness (QED) is 0.514. The molecule has 158 valence electrons. The third kappa shape index (κ3) is 3.49. The number of carbonyl (C=O) groups is 1. The zero-order chi connectivity index (χ0) is 22.1. The minimum atomic E-state index is -0.818. The van der Waals surface area contributed by atoms with Crippen LogP contribution in [0.5, 0.6) is 0 Å². The van der Waals surface area contributed by atoms with Crippen molar-refractivity contribution < 1.29 is 9.18 Å². The third-order valence-corrected chi connectivity index (χ3v) is 5.14. The van der Waals surface area contributed by atoms with Crippen LogP contribution in [0.15, 0.2) is 84.6 Å². The van der Waals surface area contributed by atoms with Gasteiger partial charge in [0, 0.05) is 35.4 Å². The summed E-state index contributed by atoms with van der Waals surface area (Å²) in [5.41, 5.74) is 2.44. The number of allylic oxidation sites excluding steroid dienone is 1. The van der Waals surface area contributed by atoms with Gasteiger partial charge in [-0.3, -0.25) is 14.8 Å². The number of aromatic nitrogens is 5. The Morgan fingerprint density at radius 1 is 1.06 bits per heavy atom. The molecular formula is C23H18FN7O. The lowest BCUT2D eigenvalue weighted by Crippen LogP contribution is -2.32. The Balaban J connectivity index is 1.63. The molecule has 1 aromatic carbocycles. The average molecular weight is 427 g/mol. The van der Waals surface area contributed by atoms with E-state index in [2.05, 4.69) is 30.7 Å². The fraction of sp³-hybridized carbons (Fsp3) is 0.0870. The van der Waals surface area contributed by atoms with Gasteiger partial charge >= 0.3 is 0 Å². The molecule has 0 saturated heterocycles. The molecule has 5 rings (SSSR count). The fourth-order valence-corrected chi connectivity index (χ4v) is 3.68. The Labute approximate surface area is 182 Å². The Morgan fingerprint density at radius 2 is 1.84 bits per heavy atom. The molecule has 8 nitrogen and oxygen atoms in total.